The lowest BCUT2D eigenvalue weighted by atomic mass is 10.1. The van der Waals surface area contributed by atoms with Gasteiger partial charge in [-0.1, -0.05) is 36.4 Å². The third-order valence-corrected chi connectivity index (χ3v) is 4.41. The van der Waals surface area contributed by atoms with E-state index in [2.05, 4.69) is 63.1 Å². The molecule has 0 spiro atoms. The van der Waals surface area contributed by atoms with Gasteiger partial charge in [-0.15, -0.1) is 0 Å². The summed E-state index contributed by atoms with van der Waals surface area (Å²) >= 11 is 0. The zero-order valence-electron chi connectivity index (χ0n) is 13.0. The topological polar surface area (TPSA) is 49.8 Å². The number of nitrogens with one attached hydrogen (secondary N) is 2. The van der Waals surface area contributed by atoms with Crippen molar-refractivity contribution < 1.29 is 0 Å². The van der Waals surface area contributed by atoms with Crippen LogP contribution in [0.3, 0.4) is 0 Å². The predicted octanol–water partition coefficient (Wildman–Crippen LogP) is 3.32. The number of nitrogens with zero attached hydrogens (tertiary/aromatic N) is 2. The van der Waals surface area contributed by atoms with Crippen molar-refractivity contribution in [1.82, 2.24) is 15.3 Å². The molecule has 4 rings (SSSR count). The van der Waals surface area contributed by atoms with Crippen LogP contribution in [0.15, 0.2) is 54.7 Å². The average Bonchev–Trinajstić information content (AvgIpc) is 3.13. The first-order valence-corrected chi connectivity index (χ1v) is 8.15. The number of anilines is 1. The molecule has 0 radical (unpaired) electrons. The zero-order chi connectivity index (χ0) is 15.5. The Labute approximate surface area is 136 Å². The van der Waals surface area contributed by atoms with Gasteiger partial charge in [0, 0.05) is 18.3 Å². The second kappa shape index (κ2) is 6.34. The third kappa shape index (κ3) is 3.17. The van der Waals surface area contributed by atoms with Crippen LogP contribution in [0.25, 0.3) is 22.0 Å². The fraction of sp³-hybridized carbons (Fsp3) is 0.263. The Morgan fingerprint density at radius 2 is 2.00 bits per heavy atom. The quantitative estimate of drug-likeness (QED) is 0.776. The van der Waals surface area contributed by atoms with E-state index in [-0.39, 0.29) is 0 Å². The Kier molecular flexibility index (Phi) is 3.90. The highest BCUT2D eigenvalue weighted by atomic mass is 15.1. The lowest BCUT2D eigenvalue weighted by Gasteiger charge is -2.10. The number of hydrogen-bond acceptors (Lipinski definition) is 4. The molecular formula is C19H20N4. The standard InChI is InChI=1S/C19H20N4/c1-2-4-16-11-17(6-5-15(16)3-1)18-8-10-21-19(23-18)22-13-14-7-9-20-12-14/h1-6,8,10-11,14,20H,7,9,12-13H2,(H,21,22,23). The van der Waals surface area contributed by atoms with Gasteiger partial charge in [0.2, 0.25) is 5.95 Å². The zero-order valence-corrected chi connectivity index (χ0v) is 13.0. The molecule has 1 fully saturated rings. The number of fused-ring (bicyclic) bond motifs is 1. The van der Waals surface area contributed by atoms with Crippen molar-refractivity contribution in [3.05, 3.63) is 54.7 Å². The molecule has 1 aliphatic heterocycles. The van der Waals surface area contributed by atoms with E-state index in [0.29, 0.717) is 11.9 Å². The first kappa shape index (κ1) is 14.2. The maximum atomic E-state index is 4.67. The van der Waals surface area contributed by atoms with Crippen LogP contribution >= 0.6 is 0 Å². The van der Waals surface area contributed by atoms with Gasteiger partial charge in [0.25, 0.3) is 0 Å². The van der Waals surface area contributed by atoms with E-state index >= 15 is 0 Å². The summed E-state index contributed by atoms with van der Waals surface area (Å²) in [6.07, 6.45) is 3.05. The van der Waals surface area contributed by atoms with Crippen molar-refractivity contribution in [3.8, 4) is 11.3 Å². The van der Waals surface area contributed by atoms with Gasteiger partial charge >= 0.3 is 0 Å². The first-order chi connectivity index (χ1) is 11.4. The molecule has 0 saturated carbocycles. The van der Waals surface area contributed by atoms with Gasteiger partial charge in [-0.25, -0.2) is 9.97 Å². The van der Waals surface area contributed by atoms with Gasteiger partial charge in [0.05, 0.1) is 5.69 Å². The monoisotopic (exact) mass is 304 g/mol. The Bertz CT molecular complexity index is 809. The van der Waals surface area contributed by atoms with E-state index in [1.807, 2.05) is 12.3 Å². The molecule has 2 N–H and O–H groups in total. The summed E-state index contributed by atoms with van der Waals surface area (Å²) in [6.45, 7) is 3.12. The highest BCUT2D eigenvalue weighted by molar-refractivity contribution is 5.86. The molecular weight excluding hydrogens is 284 g/mol. The van der Waals surface area contributed by atoms with E-state index in [9.17, 15) is 0 Å². The lowest BCUT2D eigenvalue weighted by molar-refractivity contribution is 0.613. The molecule has 0 amide bonds. The number of rotatable bonds is 4. The van der Waals surface area contributed by atoms with Crippen molar-refractivity contribution in [2.75, 3.05) is 25.0 Å². The summed E-state index contributed by atoms with van der Waals surface area (Å²) in [5, 5.41) is 9.23. The smallest absolute Gasteiger partial charge is 0.223 e. The second-order valence-electron chi connectivity index (χ2n) is 6.07. The van der Waals surface area contributed by atoms with Crippen LogP contribution in [0.2, 0.25) is 0 Å². The van der Waals surface area contributed by atoms with Crippen LogP contribution < -0.4 is 10.6 Å². The molecule has 1 saturated heterocycles. The summed E-state index contributed by atoms with van der Waals surface area (Å²) < 4.78 is 0. The van der Waals surface area contributed by atoms with E-state index in [0.717, 1.165) is 30.9 Å². The molecule has 1 aliphatic rings. The summed E-state index contributed by atoms with van der Waals surface area (Å²) in [4.78, 5) is 9.01. The predicted molar refractivity (Wildman–Crippen MR) is 94.4 cm³/mol. The fourth-order valence-corrected chi connectivity index (χ4v) is 3.08. The minimum atomic E-state index is 0.669. The number of hydrogen-bond donors (Lipinski definition) is 2. The van der Waals surface area contributed by atoms with Gasteiger partial charge in [-0.2, -0.15) is 0 Å². The third-order valence-electron chi connectivity index (χ3n) is 4.41. The SMILES string of the molecule is c1ccc2cc(-c3ccnc(NCC4CCNC4)n3)ccc2c1. The van der Waals surface area contributed by atoms with Crippen molar-refractivity contribution in [1.29, 1.82) is 0 Å². The largest absolute Gasteiger partial charge is 0.354 e. The molecule has 2 aromatic carbocycles. The molecule has 4 heteroatoms. The van der Waals surface area contributed by atoms with Crippen LogP contribution in [-0.4, -0.2) is 29.6 Å². The minimum Gasteiger partial charge on any atom is -0.354 e. The minimum absolute atomic E-state index is 0.669. The van der Waals surface area contributed by atoms with E-state index in [1.54, 1.807) is 0 Å². The van der Waals surface area contributed by atoms with Crippen LogP contribution in [0.1, 0.15) is 6.42 Å². The maximum Gasteiger partial charge on any atom is 0.223 e. The van der Waals surface area contributed by atoms with E-state index < -0.39 is 0 Å². The first-order valence-electron chi connectivity index (χ1n) is 8.15. The molecule has 1 unspecified atom stereocenters. The Morgan fingerprint density at radius 3 is 2.87 bits per heavy atom. The normalized spacial score (nSPS) is 17.5. The van der Waals surface area contributed by atoms with Crippen molar-refractivity contribution >= 4 is 16.7 Å². The van der Waals surface area contributed by atoms with Gasteiger partial charge in [0.1, 0.15) is 0 Å². The highest BCUT2D eigenvalue weighted by Gasteiger charge is 2.14. The summed E-state index contributed by atoms with van der Waals surface area (Å²) in [6, 6.07) is 16.8. The Balaban J connectivity index is 1.56. The van der Waals surface area contributed by atoms with Gasteiger partial charge in [0.15, 0.2) is 0 Å². The molecule has 1 atom stereocenters. The molecule has 2 heterocycles. The fourth-order valence-electron chi connectivity index (χ4n) is 3.08. The Hall–Kier alpha value is -2.46. The maximum absolute atomic E-state index is 4.67. The van der Waals surface area contributed by atoms with E-state index in [1.165, 1.54) is 17.2 Å². The summed E-state index contributed by atoms with van der Waals surface area (Å²) in [5.74, 6) is 1.38. The molecule has 0 aliphatic carbocycles. The molecule has 23 heavy (non-hydrogen) atoms. The van der Waals surface area contributed by atoms with Gasteiger partial charge in [-0.05, 0) is 48.3 Å². The van der Waals surface area contributed by atoms with Crippen molar-refractivity contribution in [2.24, 2.45) is 5.92 Å². The van der Waals surface area contributed by atoms with Gasteiger partial charge < -0.3 is 10.6 Å². The van der Waals surface area contributed by atoms with Crippen LogP contribution in [0.4, 0.5) is 5.95 Å². The van der Waals surface area contributed by atoms with Crippen LogP contribution in [0, 0.1) is 5.92 Å². The average molecular weight is 304 g/mol. The second-order valence-corrected chi connectivity index (χ2v) is 6.07. The molecule has 4 nitrogen and oxygen atoms in total. The lowest BCUT2D eigenvalue weighted by Crippen LogP contribution is -2.18. The number of benzene rings is 2. The molecule has 0 bridgehead atoms. The molecule has 1 aromatic heterocycles. The highest BCUT2D eigenvalue weighted by Crippen LogP contribution is 2.23. The van der Waals surface area contributed by atoms with Crippen LogP contribution in [-0.2, 0) is 0 Å². The Morgan fingerprint density at radius 1 is 1.09 bits per heavy atom. The summed E-state index contributed by atoms with van der Waals surface area (Å²) in [5.41, 5.74) is 2.08. The molecule has 116 valence electrons. The number of aromatic nitrogens is 2. The van der Waals surface area contributed by atoms with Crippen LogP contribution in [0.5, 0.6) is 0 Å². The summed E-state index contributed by atoms with van der Waals surface area (Å²) in [7, 11) is 0. The van der Waals surface area contributed by atoms with Gasteiger partial charge in [-0.3, -0.25) is 0 Å². The molecule has 3 aromatic rings. The van der Waals surface area contributed by atoms with Crippen molar-refractivity contribution in [2.45, 2.75) is 6.42 Å². The van der Waals surface area contributed by atoms with E-state index in [4.69, 9.17) is 0 Å². The van der Waals surface area contributed by atoms with Crippen molar-refractivity contribution in [3.63, 3.8) is 0 Å².